The lowest BCUT2D eigenvalue weighted by atomic mass is 10.2. The number of hydrazone groups is 1. The molecule has 0 bridgehead atoms. The SMILES string of the molecule is C#CCOc1c(Cl)cc(/C=N/NC(=O)c2ccc(COc3ccc(-n4c(C)ccc4C)cc3)o2)cc1Cl. The maximum atomic E-state index is 12.4. The van der Waals surface area contributed by atoms with E-state index in [4.69, 9.17) is 43.5 Å². The van der Waals surface area contributed by atoms with Gasteiger partial charge in [0.2, 0.25) is 0 Å². The highest BCUT2D eigenvalue weighted by molar-refractivity contribution is 6.37. The topological polar surface area (TPSA) is 78.0 Å². The number of aryl methyl sites for hydroxylation is 2. The van der Waals surface area contributed by atoms with Crippen LogP contribution in [0.4, 0.5) is 0 Å². The van der Waals surface area contributed by atoms with Gasteiger partial charge in [0.1, 0.15) is 24.7 Å². The van der Waals surface area contributed by atoms with Crippen LogP contribution in [-0.4, -0.2) is 23.3 Å². The molecule has 0 unspecified atom stereocenters. The Kier molecular flexibility index (Phi) is 8.24. The predicted molar refractivity (Wildman–Crippen MR) is 144 cm³/mol. The Morgan fingerprint density at radius 3 is 2.38 bits per heavy atom. The molecule has 2 aromatic heterocycles. The summed E-state index contributed by atoms with van der Waals surface area (Å²) in [5.41, 5.74) is 6.34. The number of nitrogens with one attached hydrogen (secondary N) is 1. The van der Waals surface area contributed by atoms with Crippen LogP contribution in [0.15, 0.2) is 70.2 Å². The third kappa shape index (κ3) is 6.36. The van der Waals surface area contributed by atoms with E-state index in [1.54, 1.807) is 24.3 Å². The molecule has 0 aliphatic rings. The molecule has 4 aromatic rings. The zero-order valence-electron chi connectivity index (χ0n) is 20.1. The second kappa shape index (κ2) is 11.7. The van der Waals surface area contributed by atoms with E-state index in [0.717, 1.165) is 17.1 Å². The number of carbonyl (C=O) groups is 1. The lowest BCUT2D eigenvalue weighted by Crippen LogP contribution is -2.16. The molecular weight excluding hydrogens is 513 g/mol. The van der Waals surface area contributed by atoms with Crippen LogP contribution in [0.5, 0.6) is 11.5 Å². The van der Waals surface area contributed by atoms with Crippen molar-refractivity contribution in [2.24, 2.45) is 5.10 Å². The molecule has 4 rings (SSSR count). The van der Waals surface area contributed by atoms with Crippen molar-refractivity contribution in [2.75, 3.05) is 6.61 Å². The number of benzene rings is 2. The van der Waals surface area contributed by atoms with E-state index in [2.05, 4.69) is 47.0 Å². The molecule has 0 saturated heterocycles. The molecular formula is C28H23Cl2N3O4. The van der Waals surface area contributed by atoms with Crippen LogP contribution in [0.25, 0.3) is 5.69 Å². The van der Waals surface area contributed by atoms with Gasteiger partial charge in [-0.15, -0.1) is 6.42 Å². The summed E-state index contributed by atoms with van der Waals surface area (Å²) in [4.78, 5) is 12.4. The van der Waals surface area contributed by atoms with Crippen LogP contribution in [0.3, 0.4) is 0 Å². The van der Waals surface area contributed by atoms with E-state index < -0.39 is 5.91 Å². The lowest BCUT2D eigenvalue weighted by molar-refractivity contribution is 0.0923. The van der Waals surface area contributed by atoms with E-state index in [1.165, 1.54) is 6.21 Å². The largest absolute Gasteiger partial charge is 0.486 e. The number of rotatable bonds is 9. The summed E-state index contributed by atoms with van der Waals surface area (Å²) in [6, 6.07) is 18.3. The van der Waals surface area contributed by atoms with Crippen molar-refractivity contribution in [3.8, 4) is 29.5 Å². The zero-order chi connectivity index (χ0) is 26.4. The van der Waals surface area contributed by atoms with Crippen LogP contribution >= 0.6 is 23.2 Å². The Balaban J connectivity index is 1.31. The summed E-state index contributed by atoms with van der Waals surface area (Å²) in [6.45, 7) is 4.34. The predicted octanol–water partition coefficient (Wildman–Crippen LogP) is 6.35. The molecule has 2 heterocycles. The van der Waals surface area contributed by atoms with Crippen LogP contribution < -0.4 is 14.9 Å². The molecule has 37 heavy (non-hydrogen) atoms. The van der Waals surface area contributed by atoms with E-state index in [1.807, 2.05) is 24.3 Å². The minimum atomic E-state index is -0.518. The number of amides is 1. The first-order chi connectivity index (χ1) is 17.9. The number of hydrogen-bond acceptors (Lipinski definition) is 5. The highest BCUT2D eigenvalue weighted by atomic mass is 35.5. The van der Waals surface area contributed by atoms with Crippen LogP contribution in [0.1, 0.15) is 33.3 Å². The molecule has 0 aliphatic heterocycles. The number of halogens is 2. The average Bonchev–Trinajstić information content (AvgIpc) is 3.49. The number of nitrogens with zero attached hydrogens (tertiary/aromatic N) is 2. The number of furan rings is 1. The third-order valence-corrected chi connectivity index (χ3v) is 5.89. The van der Waals surface area contributed by atoms with E-state index in [9.17, 15) is 4.79 Å². The van der Waals surface area contributed by atoms with Gasteiger partial charge in [-0.25, -0.2) is 5.43 Å². The van der Waals surface area contributed by atoms with Gasteiger partial charge in [0.05, 0.1) is 16.3 Å². The van der Waals surface area contributed by atoms with Crippen molar-refractivity contribution in [3.63, 3.8) is 0 Å². The van der Waals surface area contributed by atoms with Gasteiger partial charge in [0.15, 0.2) is 11.5 Å². The maximum Gasteiger partial charge on any atom is 0.307 e. The summed E-state index contributed by atoms with van der Waals surface area (Å²) in [5.74, 6) is 3.39. The second-order valence-electron chi connectivity index (χ2n) is 8.01. The highest BCUT2D eigenvalue weighted by Gasteiger charge is 2.12. The number of aromatic nitrogens is 1. The molecule has 0 spiro atoms. The van der Waals surface area contributed by atoms with Crippen molar-refractivity contribution in [1.29, 1.82) is 0 Å². The highest BCUT2D eigenvalue weighted by Crippen LogP contribution is 2.33. The van der Waals surface area contributed by atoms with Crippen molar-refractivity contribution >= 4 is 35.3 Å². The van der Waals surface area contributed by atoms with Gasteiger partial charge in [0.25, 0.3) is 0 Å². The van der Waals surface area contributed by atoms with Crippen molar-refractivity contribution in [2.45, 2.75) is 20.5 Å². The molecule has 1 amide bonds. The van der Waals surface area contributed by atoms with Crippen molar-refractivity contribution < 1.29 is 18.7 Å². The first-order valence-electron chi connectivity index (χ1n) is 11.2. The van der Waals surface area contributed by atoms with Crippen molar-refractivity contribution in [1.82, 2.24) is 9.99 Å². The molecule has 0 atom stereocenters. The average molecular weight is 536 g/mol. The number of terminal acetylenes is 1. The maximum absolute atomic E-state index is 12.4. The molecule has 0 fully saturated rings. The van der Waals surface area contributed by atoms with Crippen LogP contribution in [-0.2, 0) is 6.61 Å². The second-order valence-corrected chi connectivity index (χ2v) is 8.82. The molecule has 0 saturated carbocycles. The van der Waals surface area contributed by atoms with Gasteiger partial charge in [-0.05, 0) is 80.1 Å². The Morgan fingerprint density at radius 2 is 1.73 bits per heavy atom. The summed E-state index contributed by atoms with van der Waals surface area (Å²) < 4.78 is 18.9. The smallest absolute Gasteiger partial charge is 0.307 e. The third-order valence-electron chi connectivity index (χ3n) is 5.33. The van der Waals surface area contributed by atoms with Crippen LogP contribution in [0.2, 0.25) is 10.0 Å². The fraction of sp³-hybridized carbons (Fsp3) is 0.143. The lowest BCUT2D eigenvalue weighted by Gasteiger charge is -2.10. The van der Waals surface area contributed by atoms with Gasteiger partial charge in [-0.1, -0.05) is 29.1 Å². The van der Waals surface area contributed by atoms with Gasteiger partial charge in [-0.2, -0.15) is 5.10 Å². The molecule has 0 radical (unpaired) electrons. The molecule has 2 aromatic carbocycles. The quantitative estimate of drug-likeness (QED) is 0.154. The molecule has 188 valence electrons. The normalized spacial score (nSPS) is 10.9. The van der Waals surface area contributed by atoms with E-state index >= 15 is 0 Å². The fourth-order valence-electron chi connectivity index (χ4n) is 3.63. The Bertz CT molecular complexity index is 1440. The Morgan fingerprint density at radius 1 is 1.05 bits per heavy atom. The summed E-state index contributed by atoms with van der Waals surface area (Å²) in [6.07, 6.45) is 6.58. The minimum Gasteiger partial charge on any atom is -0.486 e. The molecule has 9 heteroatoms. The monoisotopic (exact) mass is 535 g/mol. The molecule has 1 N–H and O–H groups in total. The Hall–Kier alpha value is -4.12. The number of hydrogen-bond donors (Lipinski definition) is 1. The van der Waals surface area contributed by atoms with Crippen molar-refractivity contribution in [3.05, 3.63) is 99.2 Å². The van der Waals surface area contributed by atoms with Gasteiger partial charge >= 0.3 is 5.91 Å². The van der Waals surface area contributed by atoms with Gasteiger partial charge in [0, 0.05) is 17.1 Å². The zero-order valence-corrected chi connectivity index (χ0v) is 21.6. The summed E-state index contributed by atoms with van der Waals surface area (Å²) >= 11 is 12.3. The fourth-order valence-corrected chi connectivity index (χ4v) is 4.24. The van der Waals surface area contributed by atoms with Gasteiger partial charge < -0.3 is 18.5 Å². The number of ether oxygens (including phenoxy) is 2. The Labute approximate surface area is 224 Å². The van der Waals surface area contributed by atoms with Gasteiger partial charge in [-0.3, -0.25) is 4.79 Å². The standard InChI is InChI=1S/C28H23Cl2N3O4/c1-4-13-35-27-24(29)14-20(15-25(27)30)16-31-32-28(34)26-12-11-23(37-26)17-36-22-9-7-21(8-10-22)33-18(2)5-6-19(33)3/h1,5-12,14-16H,13,17H2,2-3H3,(H,32,34)/b31-16+. The first-order valence-corrected chi connectivity index (χ1v) is 12.0. The first kappa shape index (κ1) is 26.0. The van der Waals surface area contributed by atoms with Crippen LogP contribution in [0, 0.1) is 26.2 Å². The minimum absolute atomic E-state index is 0.0409. The number of carbonyl (C=O) groups excluding carboxylic acids is 1. The molecule has 7 nitrogen and oxygen atoms in total. The summed E-state index contributed by atoms with van der Waals surface area (Å²) in [7, 11) is 0. The van der Waals surface area contributed by atoms with E-state index in [-0.39, 0.29) is 34.8 Å². The van der Waals surface area contributed by atoms with E-state index in [0.29, 0.717) is 17.1 Å². The molecule has 0 aliphatic carbocycles. The summed E-state index contributed by atoms with van der Waals surface area (Å²) in [5, 5.41) is 4.48.